The van der Waals surface area contributed by atoms with Crippen molar-refractivity contribution in [2.75, 3.05) is 6.54 Å². The van der Waals surface area contributed by atoms with Crippen molar-refractivity contribution in [1.82, 2.24) is 4.90 Å². The molecule has 1 atom stereocenters. The lowest BCUT2D eigenvalue weighted by Crippen LogP contribution is -2.30. The van der Waals surface area contributed by atoms with Gasteiger partial charge in [-0.3, -0.25) is 9.59 Å². The molecule has 0 spiro atoms. The Morgan fingerprint density at radius 2 is 1.72 bits per heavy atom. The van der Waals surface area contributed by atoms with Gasteiger partial charge in [0.2, 0.25) is 5.76 Å². The number of hydrogen-bond donors (Lipinski definition) is 0. The standard InChI is InChI=1S/C25H27NO3/c1-4-5-8-15-26-22(18-13-11-17(12-14-18)16(2)3)21-23(27)19-9-6-7-10-20(19)29-24(21)25(26)28/h6-7,9-14,16,22H,4-5,8,15H2,1-3H3. The van der Waals surface area contributed by atoms with Gasteiger partial charge >= 0.3 is 0 Å². The molecule has 0 saturated heterocycles. The van der Waals surface area contributed by atoms with Gasteiger partial charge in [0, 0.05) is 6.54 Å². The van der Waals surface area contributed by atoms with E-state index in [1.54, 1.807) is 12.1 Å². The van der Waals surface area contributed by atoms with Gasteiger partial charge in [0.1, 0.15) is 5.58 Å². The number of nitrogens with zero attached hydrogens (tertiary/aromatic N) is 1. The zero-order chi connectivity index (χ0) is 20.5. The number of rotatable bonds is 6. The Kier molecular flexibility index (Phi) is 5.27. The van der Waals surface area contributed by atoms with Crippen molar-refractivity contribution in [3.8, 4) is 0 Å². The molecule has 4 heteroatoms. The fourth-order valence-corrected chi connectivity index (χ4v) is 4.14. The average Bonchev–Trinajstić information content (AvgIpc) is 3.01. The molecule has 29 heavy (non-hydrogen) atoms. The van der Waals surface area contributed by atoms with Crippen molar-refractivity contribution in [1.29, 1.82) is 0 Å². The lowest BCUT2D eigenvalue weighted by Gasteiger charge is -2.25. The Bertz CT molecular complexity index is 1100. The lowest BCUT2D eigenvalue weighted by molar-refractivity contribution is 0.0724. The maximum atomic E-state index is 13.4. The highest BCUT2D eigenvalue weighted by molar-refractivity contribution is 5.99. The van der Waals surface area contributed by atoms with Gasteiger partial charge in [0.05, 0.1) is 17.0 Å². The largest absolute Gasteiger partial charge is 0.450 e. The molecule has 1 amide bonds. The van der Waals surface area contributed by atoms with Gasteiger partial charge in [0.25, 0.3) is 5.91 Å². The summed E-state index contributed by atoms with van der Waals surface area (Å²) in [5, 5.41) is 0.526. The molecule has 0 aliphatic carbocycles. The second kappa shape index (κ2) is 7.86. The fraction of sp³-hybridized carbons (Fsp3) is 0.360. The van der Waals surface area contributed by atoms with E-state index < -0.39 is 6.04 Å². The van der Waals surface area contributed by atoms with Crippen molar-refractivity contribution >= 4 is 16.9 Å². The van der Waals surface area contributed by atoms with Gasteiger partial charge < -0.3 is 9.32 Å². The molecule has 1 aromatic heterocycles. The second-order valence-corrected chi connectivity index (χ2v) is 8.10. The molecule has 0 saturated carbocycles. The van der Waals surface area contributed by atoms with E-state index in [0.29, 0.717) is 29.0 Å². The van der Waals surface area contributed by atoms with Crippen molar-refractivity contribution in [2.24, 2.45) is 0 Å². The minimum Gasteiger partial charge on any atom is -0.450 e. The number of carbonyl (C=O) groups is 1. The zero-order valence-electron chi connectivity index (χ0n) is 17.3. The fourth-order valence-electron chi connectivity index (χ4n) is 4.14. The molecule has 4 nitrogen and oxygen atoms in total. The minimum absolute atomic E-state index is 0.105. The third kappa shape index (κ3) is 3.37. The van der Waals surface area contributed by atoms with Crippen molar-refractivity contribution < 1.29 is 9.21 Å². The van der Waals surface area contributed by atoms with Crippen LogP contribution >= 0.6 is 0 Å². The predicted octanol–water partition coefficient (Wildman–Crippen LogP) is 5.65. The highest BCUT2D eigenvalue weighted by Crippen LogP contribution is 2.38. The minimum atomic E-state index is -0.392. The maximum Gasteiger partial charge on any atom is 0.290 e. The van der Waals surface area contributed by atoms with Crippen LogP contribution in [0, 0.1) is 0 Å². The van der Waals surface area contributed by atoms with Gasteiger partial charge in [-0.2, -0.15) is 0 Å². The first-order valence-electron chi connectivity index (χ1n) is 10.5. The quantitative estimate of drug-likeness (QED) is 0.512. The Balaban J connectivity index is 1.87. The Labute approximate surface area is 171 Å². The van der Waals surface area contributed by atoms with E-state index in [0.717, 1.165) is 24.8 Å². The summed E-state index contributed by atoms with van der Waals surface area (Å²) < 4.78 is 5.96. The summed E-state index contributed by atoms with van der Waals surface area (Å²) in [6.07, 6.45) is 3.02. The van der Waals surface area contributed by atoms with Crippen LogP contribution in [0.25, 0.3) is 11.0 Å². The molecule has 0 N–H and O–H groups in total. The first kappa shape index (κ1) is 19.4. The number of carbonyl (C=O) groups excluding carboxylic acids is 1. The first-order chi connectivity index (χ1) is 14.0. The van der Waals surface area contributed by atoms with Crippen LogP contribution in [0.1, 0.15) is 79.2 Å². The lowest BCUT2D eigenvalue weighted by atomic mass is 9.95. The third-order valence-electron chi connectivity index (χ3n) is 5.79. The summed E-state index contributed by atoms with van der Waals surface area (Å²) in [6, 6.07) is 15.0. The summed E-state index contributed by atoms with van der Waals surface area (Å²) in [6.45, 7) is 7.06. The van der Waals surface area contributed by atoms with Gasteiger partial charge in [-0.25, -0.2) is 0 Å². The Morgan fingerprint density at radius 1 is 1.00 bits per heavy atom. The summed E-state index contributed by atoms with van der Waals surface area (Å²) in [7, 11) is 0. The van der Waals surface area contributed by atoms with Crippen LogP contribution < -0.4 is 5.43 Å². The average molecular weight is 389 g/mol. The van der Waals surface area contributed by atoms with E-state index in [1.165, 1.54) is 5.56 Å². The number of amides is 1. The summed E-state index contributed by atoms with van der Waals surface area (Å²) in [5.41, 5.74) is 3.03. The SMILES string of the molecule is CCCCCN1C(=O)c2oc3ccccc3c(=O)c2C1c1ccc(C(C)C)cc1. The number of unbranched alkanes of at least 4 members (excludes halogenated alkanes) is 2. The van der Waals surface area contributed by atoms with E-state index in [4.69, 9.17) is 4.42 Å². The van der Waals surface area contributed by atoms with Gasteiger partial charge in [0.15, 0.2) is 5.43 Å². The molecule has 150 valence electrons. The molecule has 3 aromatic rings. The molecular weight excluding hydrogens is 362 g/mol. The zero-order valence-corrected chi connectivity index (χ0v) is 17.3. The van der Waals surface area contributed by atoms with E-state index in [2.05, 4.69) is 32.9 Å². The number of hydrogen-bond acceptors (Lipinski definition) is 3. The van der Waals surface area contributed by atoms with E-state index in [1.807, 2.05) is 29.2 Å². The molecule has 0 radical (unpaired) electrons. The van der Waals surface area contributed by atoms with Crippen LogP contribution in [-0.2, 0) is 0 Å². The van der Waals surface area contributed by atoms with Crippen LogP contribution in [0.3, 0.4) is 0 Å². The topological polar surface area (TPSA) is 50.5 Å². The molecule has 2 aromatic carbocycles. The monoisotopic (exact) mass is 389 g/mol. The van der Waals surface area contributed by atoms with Crippen molar-refractivity contribution in [3.05, 3.63) is 81.2 Å². The van der Waals surface area contributed by atoms with Crippen LogP contribution in [0.4, 0.5) is 0 Å². The first-order valence-corrected chi connectivity index (χ1v) is 10.5. The number of para-hydroxylation sites is 1. The number of fused-ring (bicyclic) bond motifs is 2. The number of benzene rings is 2. The normalized spacial score (nSPS) is 16.1. The summed E-state index contributed by atoms with van der Waals surface area (Å²) in [4.78, 5) is 28.4. The molecule has 1 unspecified atom stereocenters. The van der Waals surface area contributed by atoms with E-state index in [-0.39, 0.29) is 17.1 Å². The van der Waals surface area contributed by atoms with Crippen LogP contribution in [0.5, 0.6) is 0 Å². The Morgan fingerprint density at radius 3 is 2.41 bits per heavy atom. The van der Waals surface area contributed by atoms with E-state index >= 15 is 0 Å². The van der Waals surface area contributed by atoms with Crippen molar-refractivity contribution in [2.45, 2.75) is 52.0 Å². The summed E-state index contributed by atoms with van der Waals surface area (Å²) in [5.74, 6) is 0.441. The van der Waals surface area contributed by atoms with Gasteiger partial charge in [-0.05, 0) is 35.6 Å². The smallest absolute Gasteiger partial charge is 0.290 e. The highest BCUT2D eigenvalue weighted by Gasteiger charge is 2.42. The molecule has 2 heterocycles. The Hall–Kier alpha value is -2.88. The van der Waals surface area contributed by atoms with Crippen LogP contribution in [0.2, 0.25) is 0 Å². The highest BCUT2D eigenvalue weighted by atomic mass is 16.3. The molecule has 4 rings (SSSR count). The second-order valence-electron chi connectivity index (χ2n) is 8.10. The molecular formula is C25H27NO3. The summed E-state index contributed by atoms with van der Waals surface area (Å²) >= 11 is 0. The molecule has 1 aliphatic rings. The maximum absolute atomic E-state index is 13.4. The molecule has 1 aliphatic heterocycles. The van der Waals surface area contributed by atoms with E-state index in [9.17, 15) is 9.59 Å². The predicted molar refractivity (Wildman–Crippen MR) is 115 cm³/mol. The molecule has 0 bridgehead atoms. The van der Waals surface area contributed by atoms with Gasteiger partial charge in [-0.1, -0.05) is 70.0 Å². The molecule has 0 fully saturated rings. The van der Waals surface area contributed by atoms with Gasteiger partial charge in [-0.15, -0.1) is 0 Å². The van der Waals surface area contributed by atoms with Crippen LogP contribution in [-0.4, -0.2) is 17.4 Å². The third-order valence-corrected chi connectivity index (χ3v) is 5.79. The van der Waals surface area contributed by atoms with Crippen LogP contribution in [0.15, 0.2) is 57.7 Å². The van der Waals surface area contributed by atoms with Crippen molar-refractivity contribution in [3.63, 3.8) is 0 Å².